The SMILES string of the molecule is CC(C)N(CCc1c[nH]c2ccc3c(c12)OCO3)C(C)C. The van der Waals surface area contributed by atoms with Crippen molar-refractivity contribution in [1.82, 2.24) is 9.88 Å². The highest BCUT2D eigenvalue weighted by Crippen LogP contribution is 2.40. The zero-order valence-corrected chi connectivity index (χ0v) is 13.3. The Morgan fingerprint density at radius 2 is 1.90 bits per heavy atom. The van der Waals surface area contributed by atoms with Gasteiger partial charge in [0.25, 0.3) is 0 Å². The van der Waals surface area contributed by atoms with Crippen LogP contribution in [0.15, 0.2) is 18.3 Å². The lowest BCUT2D eigenvalue weighted by Gasteiger charge is -2.30. The number of nitrogens with one attached hydrogen (secondary N) is 1. The average molecular weight is 288 g/mol. The summed E-state index contributed by atoms with van der Waals surface area (Å²) in [6.45, 7) is 10.4. The predicted octanol–water partition coefficient (Wildman–Crippen LogP) is 3.56. The normalized spacial score (nSPS) is 14.0. The second kappa shape index (κ2) is 5.60. The van der Waals surface area contributed by atoms with Crippen molar-refractivity contribution in [2.45, 2.75) is 46.2 Å². The molecule has 0 radical (unpaired) electrons. The van der Waals surface area contributed by atoms with Crippen LogP contribution in [0.25, 0.3) is 10.9 Å². The average Bonchev–Trinajstić information content (AvgIpc) is 3.03. The van der Waals surface area contributed by atoms with Gasteiger partial charge in [-0.3, -0.25) is 4.90 Å². The fourth-order valence-electron chi connectivity index (χ4n) is 3.21. The fourth-order valence-corrected chi connectivity index (χ4v) is 3.21. The van der Waals surface area contributed by atoms with E-state index in [1.54, 1.807) is 0 Å². The number of ether oxygens (including phenoxy) is 2. The van der Waals surface area contributed by atoms with E-state index in [4.69, 9.17) is 9.47 Å². The summed E-state index contributed by atoms with van der Waals surface area (Å²) in [6.07, 6.45) is 3.11. The minimum Gasteiger partial charge on any atom is -0.454 e. The van der Waals surface area contributed by atoms with Gasteiger partial charge in [-0.05, 0) is 51.8 Å². The zero-order chi connectivity index (χ0) is 15.0. The largest absolute Gasteiger partial charge is 0.454 e. The molecule has 1 aliphatic heterocycles. The highest BCUT2D eigenvalue weighted by molar-refractivity contribution is 5.92. The Kier molecular flexibility index (Phi) is 3.81. The molecule has 2 aromatic rings. The summed E-state index contributed by atoms with van der Waals surface area (Å²) < 4.78 is 11.1. The van der Waals surface area contributed by atoms with E-state index < -0.39 is 0 Å². The van der Waals surface area contributed by atoms with Crippen LogP contribution in [0, 0.1) is 0 Å². The molecule has 114 valence electrons. The molecule has 0 unspecified atom stereocenters. The standard InChI is InChI=1S/C17H24N2O2/c1-11(2)19(12(3)4)8-7-13-9-18-14-5-6-15-17(16(13)14)21-10-20-15/h5-6,9,11-12,18H,7-8,10H2,1-4H3. The third kappa shape index (κ3) is 2.60. The van der Waals surface area contributed by atoms with Gasteiger partial charge in [0.05, 0.1) is 0 Å². The van der Waals surface area contributed by atoms with Gasteiger partial charge in [-0.1, -0.05) is 0 Å². The Morgan fingerprint density at radius 3 is 2.62 bits per heavy atom. The van der Waals surface area contributed by atoms with Crippen LogP contribution in [0.3, 0.4) is 0 Å². The second-order valence-electron chi connectivity index (χ2n) is 6.21. The van der Waals surface area contributed by atoms with Crippen molar-refractivity contribution in [2.24, 2.45) is 0 Å². The van der Waals surface area contributed by atoms with Gasteiger partial charge >= 0.3 is 0 Å². The van der Waals surface area contributed by atoms with Crippen molar-refractivity contribution in [3.63, 3.8) is 0 Å². The molecule has 1 N–H and O–H groups in total. The molecule has 0 bridgehead atoms. The van der Waals surface area contributed by atoms with E-state index in [-0.39, 0.29) is 0 Å². The first-order valence-corrected chi connectivity index (χ1v) is 7.72. The number of benzene rings is 1. The second-order valence-corrected chi connectivity index (χ2v) is 6.21. The van der Waals surface area contributed by atoms with Gasteiger partial charge in [-0.15, -0.1) is 0 Å². The molecule has 0 saturated heterocycles. The molecule has 0 amide bonds. The Bertz CT molecular complexity index is 623. The third-order valence-electron chi connectivity index (χ3n) is 4.23. The smallest absolute Gasteiger partial charge is 0.231 e. The minimum atomic E-state index is 0.323. The molecular weight excluding hydrogens is 264 g/mol. The monoisotopic (exact) mass is 288 g/mol. The number of H-pyrrole nitrogens is 1. The molecule has 0 fully saturated rings. The first-order chi connectivity index (χ1) is 10.1. The van der Waals surface area contributed by atoms with E-state index in [1.807, 2.05) is 6.07 Å². The van der Waals surface area contributed by atoms with E-state index in [0.717, 1.165) is 30.0 Å². The Hall–Kier alpha value is -1.68. The Labute approximate surface area is 126 Å². The van der Waals surface area contributed by atoms with E-state index in [9.17, 15) is 0 Å². The summed E-state index contributed by atoms with van der Waals surface area (Å²) in [5.41, 5.74) is 2.42. The molecule has 0 spiro atoms. The number of nitrogens with zero attached hydrogens (tertiary/aromatic N) is 1. The topological polar surface area (TPSA) is 37.5 Å². The molecule has 1 aromatic heterocycles. The van der Waals surface area contributed by atoms with Gasteiger partial charge in [-0.2, -0.15) is 0 Å². The van der Waals surface area contributed by atoms with Gasteiger partial charge in [0.1, 0.15) is 0 Å². The van der Waals surface area contributed by atoms with Gasteiger partial charge in [0, 0.05) is 35.7 Å². The summed E-state index contributed by atoms with van der Waals surface area (Å²) >= 11 is 0. The Balaban J connectivity index is 1.86. The molecule has 4 heteroatoms. The quantitative estimate of drug-likeness (QED) is 0.914. The van der Waals surface area contributed by atoms with Crippen LogP contribution < -0.4 is 9.47 Å². The molecular formula is C17H24N2O2. The maximum atomic E-state index is 5.66. The van der Waals surface area contributed by atoms with Crippen molar-refractivity contribution in [3.05, 3.63) is 23.9 Å². The molecule has 1 aromatic carbocycles. The first kappa shape index (κ1) is 14.3. The van der Waals surface area contributed by atoms with Gasteiger partial charge in [0.15, 0.2) is 11.5 Å². The van der Waals surface area contributed by atoms with Gasteiger partial charge in [-0.25, -0.2) is 0 Å². The van der Waals surface area contributed by atoms with Crippen molar-refractivity contribution in [2.75, 3.05) is 13.3 Å². The molecule has 0 atom stereocenters. The first-order valence-electron chi connectivity index (χ1n) is 7.72. The summed E-state index contributed by atoms with van der Waals surface area (Å²) in [5.74, 6) is 1.75. The zero-order valence-electron chi connectivity index (χ0n) is 13.3. The number of rotatable bonds is 5. The van der Waals surface area contributed by atoms with E-state index >= 15 is 0 Å². The van der Waals surface area contributed by atoms with E-state index in [1.165, 1.54) is 10.9 Å². The predicted molar refractivity (Wildman–Crippen MR) is 85.1 cm³/mol. The van der Waals surface area contributed by atoms with Crippen LogP contribution in [0.1, 0.15) is 33.3 Å². The van der Waals surface area contributed by atoms with Gasteiger partial charge in [0.2, 0.25) is 6.79 Å². The molecule has 3 rings (SSSR count). The van der Waals surface area contributed by atoms with Crippen LogP contribution >= 0.6 is 0 Å². The number of fused-ring (bicyclic) bond motifs is 3. The number of hydrogen-bond acceptors (Lipinski definition) is 3. The van der Waals surface area contributed by atoms with Crippen LogP contribution in [0.5, 0.6) is 11.5 Å². The van der Waals surface area contributed by atoms with Crippen LogP contribution in [0.4, 0.5) is 0 Å². The maximum Gasteiger partial charge on any atom is 0.231 e. The highest BCUT2D eigenvalue weighted by atomic mass is 16.7. The maximum absolute atomic E-state index is 5.66. The molecule has 2 heterocycles. The lowest BCUT2D eigenvalue weighted by atomic mass is 10.1. The fraction of sp³-hybridized carbons (Fsp3) is 0.529. The van der Waals surface area contributed by atoms with Crippen molar-refractivity contribution < 1.29 is 9.47 Å². The van der Waals surface area contributed by atoms with Crippen LogP contribution in [-0.2, 0) is 6.42 Å². The van der Waals surface area contributed by atoms with Crippen molar-refractivity contribution in [3.8, 4) is 11.5 Å². The summed E-state index contributed by atoms with van der Waals surface area (Å²) in [5, 5.41) is 1.18. The molecule has 0 saturated carbocycles. The number of aromatic amines is 1. The Morgan fingerprint density at radius 1 is 1.14 bits per heavy atom. The minimum absolute atomic E-state index is 0.323. The van der Waals surface area contributed by atoms with E-state index in [0.29, 0.717) is 18.9 Å². The van der Waals surface area contributed by atoms with Crippen molar-refractivity contribution in [1.29, 1.82) is 0 Å². The highest BCUT2D eigenvalue weighted by Gasteiger charge is 2.21. The van der Waals surface area contributed by atoms with Crippen molar-refractivity contribution >= 4 is 10.9 Å². The van der Waals surface area contributed by atoms with Crippen LogP contribution in [0.2, 0.25) is 0 Å². The number of hydrogen-bond donors (Lipinski definition) is 1. The molecule has 21 heavy (non-hydrogen) atoms. The van der Waals surface area contributed by atoms with Crippen LogP contribution in [-0.4, -0.2) is 35.3 Å². The van der Waals surface area contributed by atoms with E-state index in [2.05, 4.69) is 49.8 Å². The lowest BCUT2D eigenvalue weighted by Crippen LogP contribution is -2.38. The third-order valence-corrected chi connectivity index (χ3v) is 4.23. The lowest BCUT2D eigenvalue weighted by molar-refractivity contribution is 0.174. The summed E-state index contributed by atoms with van der Waals surface area (Å²) in [4.78, 5) is 5.86. The molecule has 1 aliphatic rings. The molecule has 0 aliphatic carbocycles. The number of aromatic nitrogens is 1. The summed E-state index contributed by atoms with van der Waals surface area (Å²) in [6, 6.07) is 5.15. The summed E-state index contributed by atoms with van der Waals surface area (Å²) in [7, 11) is 0. The van der Waals surface area contributed by atoms with Gasteiger partial charge < -0.3 is 14.5 Å². The molecule has 4 nitrogen and oxygen atoms in total.